The van der Waals surface area contributed by atoms with Gasteiger partial charge in [-0.1, -0.05) is 0 Å². The van der Waals surface area contributed by atoms with Crippen LogP contribution in [0.15, 0.2) is 30.6 Å². The van der Waals surface area contributed by atoms with E-state index in [2.05, 4.69) is 41.6 Å². The maximum Gasteiger partial charge on any atom is 0.250 e. The molecule has 3 aromatic heterocycles. The Labute approximate surface area is 212 Å². The lowest BCUT2D eigenvalue weighted by Crippen LogP contribution is -2.49. The second-order valence-corrected chi connectivity index (χ2v) is 9.79. The third-order valence-electron chi connectivity index (χ3n) is 7.41. The normalized spacial score (nSPS) is 18.2. The molecule has 9 heteroatoms. The quantitative estimate of drug-likeness (QED) is 0.518. The zero-order valence-electron chi connectivity index (χ0n) is 21.6. The number of pyridine rings is 2. The van der Waals surface area contributed by atoms with Crippen molar-refractivity contribution in [3.8, 4) is 22.8 Å². The number of ether oxygens (including phenoxy) is 2. The first-order valence-electron chi connectivity index (χ1n) is 12.8. The molecule has 1 unspecified atom stereocenters. The number of nitrogens with zero attached hydrogens (tertiary/aromatic N) is 6. The summed E-state index contributed by atoms with van der Waals surface area (Å²) in [6.45, 7) is 12.2. The van der Waals surface area contributed by atoms with E-state index in [1.165, 1.54) is 13.2 Å². The Kier molecular flexibility index (Phi) is 7.32. The van der Waals surface area contributed by atoms with Gasteiger partial charge in [0.15, 0.2) is 5.82 Å². The van der Waals surface area contributed by atoms with Crippen LogP contribution in [0.5, 0.6) is 5.88 Å². The molecule has 3 aromatic rings. The van der Waals surface area contributed by atoms with Crippen molar-refractivity contribution < 1.29 is 13.9 Å². The number of aromatic nitrogens is 4. The predicted octanol–water partition coefficient (Wildman–Crippen LogP) is 3.68. The molecule has 2 aliphatic rings. The number of fused-ring (bicyclic) bond motifs is 1. The highest BCUT2D eigenvalue weighted by molar-refractivity contribution is 5.65. The topological polar surface area (TPSA) is 68.5 Å². The summed E-state index contributed by atoms with van der Waals surface area (Å²) in [5.74, 6) is -0.536. The van der Waals surface area contributed by atoms with Crippen molar-refractivity contribution in [1.82, 2.24) is 29.5 Å². The van der Waals surface area contributed by atoms with Crippen LogP contribution in [0.1, 0.15) is 43.8 Å². The Morgan fingerprint density at radius 1 is 1.00 bits per heavy atom. The van der Waals surface area contributed by atoms with E-state index in [0.717, 1.165) is 60.8 Å². The highest BCUT2D eigenvalue weighted by Crippen LogP contribution is 2.32. The molecule has 5 rings (SSSR count). The molecule has 2 aliphatic heterocycles. The van der Waals surface area contributed by atoms with Crippen LogP contribution in [-0.2, 0) is 17.6 Å². The van der Waals surface area contributed by atoms with Crippen molar-refractivity contribution >= 4 is 0 Å². The molecule has 8 nitrogen and oxygen atoms in total. The second kappa shape index (κ2) is 10.6. The molecular weight excluding hydrogens is 459 g/mol. The standard InChI is InChI=1S/C27H35FN6O2/c1-18(2)32-9-11-33(12-10-32)19(3)24-15-20(5-8-29-24)26-22-6-13-36-14-7-25(22)34(31-26)21-16-23(28)27(35-4)30-17-21/h5,8,15-19H,6-7,9-14H2,1-4H3. The maximum atomic E-state index is 14.5. The van der Waals surface area contributed by atoms with Gasteiger partial charge in [-0.25, -0.2) is 14.1 Å². The van der Waals surface area contributed by atoms with Crippen molar-refractivity contribution in [2.75, 3.05) is 46.5 Å². The van der Waals surface area contributed by atoms with Gasteiger partial charge in [-0.2, -0.15) is 5.10 Å². The number of hydrogen-bond acceptors (Lipinski definition) is 7. The molecule has 0 aliphatic carbocycles. The number of methoxy groups -OCH3 is 1. The van der Waals surface area contributed by atoms with E-state index in [1.54, 1.807) is 6.20 Å². The average molecular weight is 495 g/mol. The fourth-order valence-corrected chi connectivity index (χ4v) is 5.23. The third kappa shape index (κ3) is 4.87. The summed E-state index contributed by atoms with van der Waals surface area (Å²) in [5.41, 5.74) is 5.70. The summed E-state index contributed by atoms with van der Waals surface area (Å²) >= 11 is 0. The SMILES string of the molecule is COc1ncc(-n2nc(-c3ccnc(C(C)N4CCN(C(C)C)CC4)c3)c3c2CCOCC3)cc1F. The first-order valence-corrected chi connectivity index (χ1v) is 12.8. The van der Waals surface area contributed by atoms with Crippen LogP contribution in [0.25, 0.3) is 16.9 Å². The van der Waals surface area contributed by atoms with Crippen LogP contribution < -0.4 is 4.74 Å². The molecule has 0 aromatic carbocycles. The van der Waals surface area contributed by atoms with Crippen molar-refractivity contribution in [2.24, 2.45) is 0 Å². The fourth-order valence-electron chi connectivity index (χ4n) is 5.23. The Bertz CT molecular complexity index is 1200. The molecule has 5 heterocycles. The van der Waals surface area contributed by atoms with Gasteiger partial charge in [0.2, 0.25) is 5.88 Å². The Morgan fingerprint density at radius 2 is 1.75 bits per heavy atom. The first-order chi connectivity index (χ1) is 17.5. The van der Waals surface area contributed by atoms with Gasteiger partial charge in [-0.15, -0.1) is 0 Å². The fraction of sp³-hybridized carbons (Fsp3) is 0.519. The van der Waals surface area contributed by atoms with Crippen LogP contribution in [0.3, 0.4) is 0 Å². The van der Waals surface area contributed by atoms with Crippen molar-refractivity contribution in [3.05, 3.63) is 53.4 Å². The van der Waals surface area contributed by atoms with Gasteiger partial charge in [0.05, 0.1) is 49.3 Å². The molecule has 1 saturated heterocycles. The summed E-state index contributed by atoms with van der Waals surface area (Å²) < 4.78 is 27.1. The number of piperazine rings is 1. The minimum absolute atomic E-state index is 0.0254. The molecule has 0 saturated carbocycles. The van der Waals surface area contributed by atoms with Gasteiger partial charge in [-0.05, 0) is 39.3 Å². The van der Waals surface area contributed by atoms with Crippen molar-refractivity contribution in [2.45, 2.75) is 45.7 Å². The van der Waals surface area contributed by atoms with Gasteiger partial charge in [0.1, 0.15) is 0 Å². The molecule has 0 bridgehead atoms. The van der Waals surface area contributed by atoms with E-state index in [0.29, 0.717) is 31.4 Å². The number of hydrogen-bond donors (Lipinski definition) is 0. The summed E-state index contributed by atoms with van der Waals surface area (Å²) in [4.78, 5) is 13.9. The zero-order chi connectivity index (χ0) is 25.2. The monoisotopic (exact) mass is 494 g/mol. The van der Waals surface area contributed by atoms with Gasteiger partial charge in [0, 0.05) is 68.1 Å². The summed E-state index contributed by atoms with van der Waals surface area (Å²) in [6, 6.07) is 6.38. The smallest absolute Gasteiger partial charge is 0.250 e. The molecule has 0 radical (unpaired) electrons. The lowest BCUT2D eigenvalue weighted by molar-refractivity contribution is 0.0821. The average Bonchev–Trinajstić information content (AvgIpc) is 3.08. The molecule has 0 N–H and O–H groups in total. The third-order valence-corrected chi connectivity index (χ3v) is 7.41. The van der Waals surface area contributed by atoms with Crippen LogP contribution in [0.4, 0.5) is 4.39 Å². The number of halogens is 1. The summed E-state index contributed by atoms with van der Waals surface area (Å²) in [5, 5.41) is 4.98. The predicted molar refractivity (Wildman–Crippen MR) is 136 cm³/mol. The van der Waals surface area contributed by atoms with E-state index < -0.39 is 5.82 Å². The number of rotatable bonds is 6. The molecular formula is C27H35FN6O2. The van der Waals surface area contributed by atoms with Gasteiger partial charge < -0.3 is 9.47 Å². The highest BCUT2D eigenvalue weighted by Gasteiger charge is 2.26. The lowest BCUT2D eigenvalue weighted by Gasteiger charge is -2.39. The van der Waals surface area contributed by atoms with Crippen molar-refractivity contribution in [3.63, 3.8) is 0 Å². The maximum absolute atomic E-state index is 14.5. The van der Waals surface area contributed by atoms with Gasteiger partial charge in [0.25, 0.3) is 0 Å². The lowest BCUT2D eigenvalue weighted by atomic mass is 10.0. The van der Waals surface area contributed by atoms with Crippen LogP contribution in [0, 0.1) is 5.82 Å². The van der Waals surface area contributed by atoms with Crippen LogP contribution in [0.2, 0.25) is 0 Å². The molecule has 0 amide bonds. The van der Waals surface area contributed by atoms with E-state index in [4.69, 9.17) is 19.6 Å². The van der Waals surface area contributed by atoms with Gasteiger partial charge >= 0.3 is 0 Å². The molecule has 1 atom stereocenters. The molecule has 1 fully saturated rings. The summed E-state index contributed by atoms with van der Waals surface area (Å²) in [7, 11) is 1.41. The van der Waals surface area contributed by atoms with Crippen LogP contribution >= 0.6 is 0 Å². The van der Waals surface area contributed by atoms with E-state index in [1.807, 2.05) is 16.9 Å². The first kappa shape index (κ1) is 24.8. The molecule has 36 heavy (non-hydrogen) atoms. The minimum atomic E-state index is -0.511. The van der Waals surface area contributed by atoms with E-state index in [-0.39, 0.29) is 11.9 Å². The molecule has 192 valence electrons. The Hall–Kier alpha value is -2.88. The zero-order valence-corrected chi connectivity index (χ0v) is 21.6. The van der Waals surface area contributed by atoms with Crippen LogP contribution in [-0.4, -0.2) is 82.1 Å². The largest absolute Gasteiger partial charge is 0.479 e. The second-order valence-electron chi connectivity index (χ2n) is 9.79. The highest BCUT2D eigenvalue weighted by atomic mass is 19.1. The van der Waals surface area contributed by atoms with Crippen molar-refractivity contribution in [1.29, 1.82) is 0 Å². The van der Waals surface area contributed by atoms with Gasteiger partial charge in [-0.3, -0.25) is 14.8 Å². The Balaban J connectivity index is 1.48. The molecule has 0 spiro atoms. The Morgan fingerprint density at radius 3 is 2.47 bits per heavy atom. The van der Waals surface area contributed by atoms with E-state index >= 15 is 0 Å². The van der Waals surface area contributed by atoms with E-state index in [9.17, 15) is 4.39 Å². The summed E-state index contributed by atoms with van der Waals surface area (Å²) in [6.07, 6.45) is 4.92. The minimum Gasteiger partial charge on any atom is -0.479 e.